The van der Waals surface area contributed by atoms with Crippen molar-refractivity contribution in [1.82, 2.24) is 25.2 Å². The largest absolute Gasteiger partial charge is 0.378 e. The number of nitrogens with zero attached hydrogens (tertiary/aromatic N) is 5. The van der Waals surface area contributed by atoms with Gasteiger partial charge in [-0.05, 0) is 36.6 Å². The molecule has 138 valence electrons. The van der Waals surface area contributed by atoms with Crippen LogP contribution in [0.5, 0.6) is 0 Å². The Morgan fingerprint density at radius 3 is 2.62 bits per heavy atom. The predicted octanol–water partition coefficient (Wildman–Crippen LogP) is 0.663. The Bertz CT molecular complexity index is 775. The molecule has 26 heavy (non-hydrogen) atoms. The zero-order valence-corrected chi connectivity index (χ0v) is 15.9. The van der Waals surface area contributed by atoms with Crippen LogP contribution in [0, 0.1) is 0 Å². The number of rotatable bonds is 2. The van der Waals surface area contributed by atoms with E-state index in [1.807, 2.05) is 35.2 Å². The van der Waals surface area contributed by atoms with Crippen molar-refractivity contribution in [2.45, 2.75) is 0 Å². The van der Waals surface area contributed by atoms with Crippen molar-refractivity contribution < 1.29 is 4.74 Å². The third-order valence-electron chi connectivity index (χ3n) is 3.68. The second kappa shape index (κ2) is 8.25. The molecule has 9 nitrogen and oxygen atoms in total. The number of benzene rings is 1. The fourth-order valence-electron chi connectivity index (χ4n) is 2.37. The van der Waals surface area contributed by atoms with Gasteiger partial charge in [0.05, 0.1) is 13.2 Å². The van der Waals surface area contributed by atoms with Gasteiger partial charge in [0.15, 0.2) is 5.11 Å². The van der Waals surface area contributed by atoms with Crippen LogP contribution in [0.2, 0.25) is 0 Å². The van der Waals surface area contributed by atoms with Crippen molar-refractivity contribution >= 4 is 52.2 Å². The monoisotopic (exact) mass is 392 g/mol. The maximum atomic E-state index is 5.98. The summed E-state index contributed by atoms with van der Waals surface area (Å²) in [6.07, 6.45) is 0. The number of thiocarbonyl (C=S) groups is 2. The van der Waals surface area contributed by atoms with E-state index in [4.69, 9.17) is 34.9 Å². The SMILES string of the molecule is CN(NC(=S)Nc1ccccc1)C(=S)n1nc(N2CCOCC2)nc1N. The molecular weight excluding hydrogens is 372 g/mol. The molecule has 2 heterocycles. The maximum Gasteiger partial charge on any atom is 0.247 e. The quantitative estimate of drug-likeness (QED) is 0.500. The van der Waals surface area contributed by atoms with E-state index in [1.165, 1.54) is 4.68 Å². The number of morpholine rings is 1. The number of nitrogens with one attached hydrogen (secondary N) is 2. The van der Waals surface area contributed by atoms with Gasteiger partial charge in [0.1, 0.15) is 0 Å². The molecule has 1 aliphatic heterocycles. The fraction of sp³-hybridized carbons (Fsp3) is 0.333. The van der Waals surface area contributed by atoms with E-state index >= 15 is 0 Å². The second-order valence-corrected chi connectivity index (χ2v) is 6.33. The minimum atomic E-state index is 0.215. The van der Waals surface area contributed by atoms with Gasteiger partial charge in [-0.1, -0.05) is 18.2 Å². The highest BCUT2D eigenvalue weighted by molar-refractivity contribution is 7.80. The highest BCUT2D eigenvalue weighted by Crippen LogP contribution is 2.13. The fourth-order valence-corrected chi connectivity index (χ4v) is 2.81. The molecule has 0 radical (unpaired) electrons. The van der Waals surface area contributed by atoms with E-state index in [2.05, 4.69) is 20.8 Å². The predicted molar refractivity (Wildman–Crippen MR) is 109 cm³/mol. The van der Waals surface area contributed by atoms with Gasteiger partial charge in [-0.15, -0.1) is 5.10 Å². The minimum absolute atomic E-state index is 0.215. The van der Waals surface area contributed by atoms with Crippen LogP contribution in [0.25, 0.3) is 0 Å². The van der Waals surface area contributed by atoms with Gasteiger partial charge >= 0.3 is 0 Å². The number of hydrogen-bond acceptors (Lipinski definition) is 7. The molecule has 0 aliphatic carbocycles. The Labute approximate surface area is 162 Å². The third-order valence-corrected chi connectivity index (χ3v) is 4.32. The number of nitrogens with two attached hydrogens (primary N) is 1. The lowest BCUT2D eigenvalue weighted by Crippen LogP contribution is -2.47. The molecule has 1 aromatic heterocycles. The van der Waals surface area contributed by atoms with Crippen molar-refractivity contribution in [3.63, 3.8) is 0 Å². The van der Waals surface area contributed by atoms with E-state index < -0.39 is 0 Å². The van der Waals surface area contributed by atoms with Gasteiger partial charge in [0.25, 0.3) is 0 Å². The van der Waals surface area contributed by atoms with Crippen LogP contribution < -0.4 is 21.4 Å². The Kier molecular flexibility index (Phi) is 5.81. The van der Waals surface area contributed by atoms with Crippen molar-refractivity contribution in [2.24, 2.45) is 0 Å². The highest BCUT2D eigenvalue weighted by atomic mass is 32.1. The molecule has 1 aliphatic rings. The lowest BCUT2D eigenvalue weighted by molar-refractivity contribution is 0.122. The van der Waals surface area contributed by atoms with Crippen LogP contribution >= 0.6 is 24.4 Å². The first-order valence-corrected chi connectivity index (χ1v) is 8.82. The number of nitrogen functional groups attached to an aromatic ring is 1. The number of ether oxygens (including phenoxy) is 1. The molecule has 0 spiro atoms. The van der Waals surface area contributed by atoms with Crippen LogP contribution in [0.15, 0.2) is 30.3 Å². The van der Waals surface area contributed by atoms with E-state index in [0.29, 0.717) is 29.4 Å². The zero-order chi connectivity index (χ0) is 18.5. The summed E-state index contributed by atoms with van der Waals surface area (Å²) in [5.41, 5.74) is 9.83. The molecule has 1 fully saturated rings. The summed E-state index contributed by atoms with van der Waals surface area (Å²) < 4.78 is 6.74. The molecule has 0 atom stereocenters. The number of para-hydroxylation sites is 1. The zero-order valence-electron chi connectivity index (χ0n) is 14.3. The third kappa shape index (κ3) is 4.36. The average Bonchev–Trinajstić information content (AvgIpc) is 3.04. The molecule has 4 N–H and O–H groups in total. The minimum Gasteiger partial charge on any atom is -0.378 e. The van der Waals surface area contributed by atoms with E-state index in [-0.39, 0.29) is 5.95 Å². The Morgan fingerprint density at radius 1 is 1.23 bits per heavy atom. The summed E-state index contributed by atoms with van der Waals surface area (Å²) in [5.74, 6) is 0.749. The van der Waals surface area contributed by atoms with Crippen molar-refractivity contribution in [2.75, 3.05) is 49.3 Å². The molecule has 0 unspecified atom stereocenters. The first-order valence-electron chi connectivity index (χ1n) is 8.00. The van der Waals surface area contributed by atoms with Gasteiger partial charge in [0.2, 0.25) is 17.0 Å². The van der Waals surface area contributed by atoms with E-state index in [0.717, 1.165) is 18.8 Å². The van der Waals surface area contributed by atoms with E-state index in [1.54, 1.807) is 12.1 Å². The van der Waals surface area contributed by atoms with Gasteiger partial charge in [-0.25, -0.2) is 0 Å². The number of anilines is 3. The molecule has 0 bridgehead atoms. The number of aromatic nitrogens is 3. The smallest absolute Gasteiger partial charge is 0.247 e. The molecular formula is C15H20N8OS2. The molecule has 0 saturated carbocycles. The van der Waals surface area contributed by atoms with Crippen LogP contribution in [0.4, 0.5) is 17.6 Å². The summed E-state index contributed by atoms with van der Waals surface area (Å²) in [5, 5.41) is 9.76. The Morgan fingerprint density at radius 2 is 1.92 bits per heavy atom. The summed E-state index contributed by atoms with van der Waals surface area (Å²) in [7, 11) is 1.73. The highest BCUT2D eigenvalue weighted by Gasteiger charge is 2.20. The summed E-state index contributed by atoms with van der Waals surface area (Å²) in [6, 6.07) is 9.60. The maximum absolute atomic E-state index is 5.98. The van der Waals surface area contributed by atoms with Crippen LogP contribution in [-0.2, 0) is 4.74 Å². The second-order valence-electron chi connectivity index (χ2n) is 5.55. The Balaban J connectivity index is 1.62. The topological polar surface area (TPSA) is 96.5 Å². The lowest BCUT2D eigenvalue weighted by Gasteiger charge is -2.25. The summed E-state index contributed by atoms with van der Waals surface area (Å²) >= 11 is 10.7. The standard InChI is InChI=1S/C15H20N8OS2/c1-21(20-14(25)17-11-5-3-2-4-6-11)15(26)23-12(16)18-13(19-23)22-7-9-24-10-8-22/h2-6H,7-10H2,1H3,(H2,16,18,19)(H2,17,20,25). The molecule has 11 heteroatoms. The van der Waals surface area contributed by atoms with Gasteiger partial charge < -0.3 is 20.7 Å². The molecule has 0 amide bonds. The van der Waals surface area contributed by atoms with Crippen molar-refractivity contribution in [1.29, 1.82) is 0 Å². The first kappa shape index (κ1) is 18.3. The molecule has 1 aromatic carbocycles. The summed E-state index contributed by atoms with van der Waals surface area (Å²) in [4.78, 5) is 6.30. The molecule has 1 saturated heterocycles. The van der Waals surface area contributed by atoms with Gasteiger partial charge in [-0.3, -0.25) is 10.4 Å². The Hall–Kier alpha value is -2.50. The first-order chi connectivity index (χ1) is 12.5. The summed E-state index contributed by atoms with van der Waals surface area (Å²) in [6.45, 7) is 2.71. The van der Waals surface area contributed by atoms with Crippen molar-refractivity contribution in [3.8, 4) is 0 Å². The van der Waals surface area contributed by atoms with E-state index in [9.17, 15) is 0 Å². The van der Waals surface area contributed by atoms with Gasteiger partial charge in [0, 0.05) is 25.8 Å². The lowest BCUT2D eigenvalue weighted by atomic mass is 10.3. The number of hydrazine groups is 1. The van der Waals surface area contributed by atoms with Gasteiger partial charge in [-0.2, -0.15) is 9.67 Å². The normalized spacial score (nSPS) is 14.0. The van der Waals surface area contributed by atoms with Crippen LogP contribution in [0.3, 0.4) is 0 Å². The molecule has 3 rings (SSSR count). The molecule has 2 aromatic rings. The van der Waals surface area contributed by atoms with Crippen LogP contribution in [-0.4, -0.2) is 63.3 Å². The number of hydrogen-bond donors (Lipinski definition) is 3. The van der Waals surface area contributed by atoms with Crippen LogP contribution in [0.1, 0.15) is 0 Å². The average molecular weight is 393 g/mol. The van der Waals surface area contributed by atoms with Crippen molar-refractivity contribution in [3.05, 3.63) is 30.3 Å².